The number of anilines is 1. The van der Waals surface area contributed by atoms with E-state index >= 15 is 0 Å². The Hall–Kier alpha value is -2.14. The molecule has 0 unspecified atom stereocenters. The van der Waals surface area contributed by atoms with Crippen LogP contribution in [-0.4, -0.2) is 35.8 Å². The van der Waals surface area contributed by atoms with Crippen LogP contribution in [-0.2, 0) is 11.8 Å². The first-order valence-corrected chi connectivity index (χ1v) is 8.54. The first-order valence-electron chi connectivity index (χ1n) is 8.54. The average molecular weight is 326 g/mol. The van der Waals surface area contributed by atoms with Gasteiger partial charge in [-0.15, -0.1) is 0 Å². The number of carbonyl (C=O) groups excluding carboxylic acids is 1. The third-order valence-corrected chi connectivity index (χ3v) is 4.94. The minimum Gasteiger partial charge on any atom is -0.315 e. The number of rotatable bonds is 4. The maximum Gasteiger partial charge on any atom is 0.231 e. The molecule has 0 radical (unpaired) electrons. The van der Waals surface area contributed by atoms with E-state index in [9.17, 15) is 4.79 Å². The second kappa shape index (κ2) is 6.77. The molecule has 1 amide bonds. The van der Waals surface area contributed by atoms with Gasteiger partial charge >= 0.3 is 0 Å². The Bertz CT molecular complexity index is 722. The molecule has 128 valence electrons. The van der Waals surface area contributed by atoms with Crippen molar-refractivity contribution in [2.24, 2.45) is 13.0 Å². The monoisotopic (exact) mass is 326 g/mol. The molecule has 1 N–H and O–H groups in total. The molecule has 5 heteroatoms. The quantitative estimate of drug-likeness (QED) is 0.939. The van der Waals surface area contributed by atoms with E-state index in [1.54, 1.807) is 9.58 Å². The van der Waals surface area contributed by atoms with E-state index in [2.05, 4.69) is 36.4 Å². The molecule has 1 aliphatic rings. The summed E-state index contributed by atoms with van der Waals surface area (Å²) in [4.78, 5) is 14.9. The third kappa shape index (κ3) is 3.22. The standard InChI is InChI=1S/C19H26N4O/c1-13(2)14-6-5-7-16(8-14)23(4)19(24)18-11-20-10-17(18)15-9-21-22(3)12-15/h5-9,12-13,17-18,20H,10-11H2,1-4H3/t17-,18+/m1/s1. The van der Waals surface area contributed by atoms with Crippen molar-refractivity contribution in [1.82, 2.24) is 15.1 Å². The summed E-state index contributed by atoms with van der Waals surface area (Å²) in [6.45, 7) is 5.87. The van der Waals surface area contributed by atoms with E-state index in [0.717, 1.165) is 17.8 Å². The molecule has 0 saturated carbocycles. The van der Waals surface area contributed by atoms with Gasteiger partial charge in [0.1, 0.15) is 0 Å². The maximum atomic E-state index is 13.1. The summed E-state index contributed by atoms with van der Waals surface area (Å²) in [5.74, 6) is 0.739. The van der Waals surface area contributed by atoms with Crippen molar-refractivity contribution < 1.29 is 4.79 Å². The van der Waals surface area contributed by atoms with Gasteiger partial charge in [0.15, 0.2) is 0 Å². The van der Waals surface area contributed by atoms with Gasteiger partial charge in [0, 0.05) is 45.0 Å². The van der Waals surface area contributed by atoms with E-state index in [1.165, 1.54) is 5.56 Å². The van der Waals surface area contributed by atoms with Gasteiger partial charge in [0.2, 0.25) is 5.91 Å². The smallest absolute Gasteiger partial charge is 0.231 e. The van der Waals surface area contributed by atoms with Crippen molar-refractivity contribution in [3.8, 4) is 0 Å². The van der Waals surface area contributed by atoms with Gasteiger partial charge in [-0.05, 0) is 29.2 Å². The summed E-state index contributed by atoms with van der Waals surface area (Å²) in [7, 11) is 3.78. The summed E-state index contributed by atoms with van der Waals surface area (Å²) in [6.07, 6.45) is 3.88. The lowest BCUT2D eigenvalue weighted by Gasteiger charge is -2.25. The van der Waals surface area contributed by atoms with Crippen LogP contribution in [0.3, 0.4) is 0 Å². The normalized spacial score (nSPS) is 20.5. The van der Waals surface area contributed by atoms with E-state index in [1.807, 2.05) is 38.6 Å². The largest absolute Gasteiger partial charge is 0.315 e. The van der Waals surface area contributed by atoms with Crippen LogP contribution in [0.1, 0.15) is 36.8 Å². The Balaban J connectivity index is 1.81. The average Bonchev–Trinajstić information content (AvgIpc) is 3.22. The lowest BCUT2D eigenvalue weighted by molar-refractivity contribution is -0.121. The van der Waals surface area contributed by atoms with Crippen molar-refractivity contribution in [2.45, 2.75) is 25.7 Å². The highest BCUT2D eigenvalue weighted by Crippen LogP contribution is 2.31. The number of amides is 1. The first-order chi connectivity index (χ1) is 11.5. The van der Waals surface area contributed by atoms with Crippen LogP contribution >= 0.6 is 0 Å². The Labute approximate surface area is 143 Å². The lowest BCUT2D eigenvalue weighted by Crippen LogP contribution is -2.36. The van der Waals surface area contributed by atoms with Gasteiger partial charge in [0.25, 0.3) is 0 Å². The predicted octanol–water partition coefficient (Wildman–Crippen LogP) is 2.51. The number of carbonyl (C=O) groups is 1. The molecule has 2 aromatic rings. The molecule has 0 bridgehead atoms. The molecule has 1 fully saturated rings. The van der Waals surface area contributed by atoms with Gasteiger partial charge in [-0.3, -0.25) is 9.48 Å². The van der Waals surface area contributed by atoms with E-state index in [-0.39, 0.29) is 17.7 Å². The molecule has 5 nitrogen and oxygen atoms in total. The van der Waals surface area contributed by atoms with Crippen LogP contribution in [0.25, 0.3) is 0 Å². The van der Waals surface area contributed by atoms with Crippen LogP contribution in [0, 0.1) is 5.92 Å². The van der Waals surface area contributed by atoms with Gasteiger partial charge in [0.05, 0.1) is 12.1 Å². The highest BCUT2D eigenvalue weighted by molar-refractivity contribution is 5.95. The fourth-order valence-electron chi connectivity index (χ4n) is 3.39. The van der Waals surface area contributed by atoms with Gasteiger partial charge in [-0.1, -0.05) is 26.0 Å². The SMILES string of the molecule is CC(C)c1cccc(N(C)C(=O)[C@H]2CNC[C@@H]2c2cnn(C)c2)c1. The zero-order chi connectivity index (χ0) is 17.3. The zero-order valence-corrected chi connectivity index (χ0v) is 14.9. The molecule has 1 saturated heterocycles. The maximum absolute atomic E-state index is 13.1. The van der Waals surface area contributed by atoms with Crippen LogP contribution in [0.2, 0.25) is 0 Å². The molecular weight excluding hydrogens is 300 g/mol. The second-order valence-corrected chi connectivity index (χ2v) is 6.97. The minimum atomic E-state index is -0.0538. The van der Waals surface area contributed by atoms with Crippen LogP contribution in [0.15, 0.2) is 36.7 Å². The van der Waals surface area contributed by atoms with E-state index in [4.69, 9.17) is 0 Å². The Morgan fingerprint density at radius 3 is 2.83 bits per heavy atom. The Morgan fingerprint density at radius 1 is 1.38 bits per heavy atom. The van der Waals surface area contributed by atoms with Gasteiger partial charge in [-0.25, -0.2) is 0 Å². The molecule has 1 aromatic heterocycles. The first kappa shape index (κ1) is 16.7. The summed E-state index contributed by atoms with van der Waals surface area (Å²) in [5, 5.41) is 7.62. The Kier molecular flexibility index (Phi) is 4.71. The third-order valence-electron chi connectivity index (χ3n) is 4.94. The molecule has 2 atom stereocenters. The molecule has 1 aliphatic heterocycles. The number of hydrogen-bond donors (Lipinski definition) is 1. The number of aromatic nitrogens is 2. The van der Waals surface area contributed by atoms with Crippen LogP contribution in [0.4, 0.5) is 5.69 Å². The van der Waals surface area contributed by atoms with Crippen molar-refractivity contribution in [3.05, 3.63) is 47.8 Å². The molecule has 0 aliphatic carbocycles. The topological polar surface area (TPSA) is 50.2 Å². The highest BCUT2D eigenvalue weighted by Gasteiger charge is 2.36. The molecule has 1 aromatic carbocycles. The number of nitrogens with zero attached hydrogens (tertiary/aromatic N) is 3. The lowest BCUT2D eigenvalue weighted by atomic mass is 9.89. The van der Waals surface area contributed by atoms with Crippen molar-refractivity contribution in [2.75, 3.05) is 25.0 Å². The summed E-state index contributed by atoms with van der Waals surface area (Å²) >= 11 is 0. The van der Waals surface area contributed by atoms with Crippen LogP contribution < -0.4 is 10.2 Å². The minimum absolute atomic E-state index is 0.0538. The highest BCUT2D eigenvalue weighted by atomic mass is 16.2. The van der Waals surface area contributed by atoms with Crippen LogP contribution in [0.5, 0.6) is 0 Å². The van der Waals surface area contributed by atoms with E-state index in [0.29, 0.717) is 12.5 Å². The zero-order valence-electron chi connectivity index (χ0n) is 14.9. The van der Waals surface area contributed by atoms with E-state index < -0.39 is 0 Å². The van der Waals surface area contributed by atoms with Crippen molar-refractivity contribution in [3.63, 3.8) is 0 Å². The molecule has 3 rings (SSSR count). The molecule has 24 heavy (non-hydrogen) atoms. The number of benzene rings is 1. The van der Waals surface area contributed by atoms with Gasteiger partial charge < -0.3 is 10.2 Å². The van der Waals surface area contributed by atoms with Crippen molar-refractivity contribution >= 4 is 11.6 Å². The summed E-state index contributed by atoms with van der Waals surface area (Å²) in [6, 6.07) is 8.26. The summed E-state index contributed by atoms with van der Waals surface area (Å²) in [5.41, 5.74) is 3.34. The second-order valence-electron chi connectivity index (χ2n) is 6.97. The van der Waals surface area contributed by atoms with Crippen molar-refractivity contribution in [1.29, 1.82) is 0 Å². The fraction of sp³-hybridized carbons (Fsp3) is 0.474. The number of nitrogens with one attached hydrogen (secondary N) is 1. The molecule has 2 heterocycles. The summed E-state index contributed by atoms with van der Waals surface area (Å²) < 4.78 is 1.80. The number of hydrogen-bond acceptors (Lipinski definition) is 3. The molecule has 0 spiro atoms. The Morgan fingerprint density at radius 2 is 2.17 bits per heavy atom. The predicted molar refractivity (Wildman–Crippen MR) is 96.2 cm³/mol. The number of aryl methyl sites for hydroxylation is 1. The van der Waals surface area contributed by atoms with Gasteiger partial charge in [-0.2, -0.15) is 5.10 Å². The fourth-order valence-corrected chi connectivity index (χ4v) is 3.39. The molecular formula is C19H26N4O.